The first-order valence-corrected chi connectivity index (χ1v) is 9.24. The second-order valence-corrected chi connectivity index (χ2v) is 6.94. The average molecular weight is 360 g/mol. The molecular weight excluding hydrogens is 332 g/mol. The number of nitrogens with zero attached hydrogens (tertiary/aromatic N) is 2. The van der Waals surface area contributed by atoms with Crippen molar-refractivity contribution in [2.45, 2.75) is 38.5 Å². The third-order valence-corrected chi connectivity index (χ3v) is 5.02. The van der Waals surface area contributed by atoms with Gasteiger partial charge in [-0.25, -0.2) is 0 Å². The largest absolute Gasteiger partial charge is 0.481 e. The summed E-state index contributed by atoms with van der Waals surface area (Å²) in [6, 6.07) is 9.66. The highest BCUT2D eigenvalue weighted by atomic mass is 16.4. The number of hydrogen-bond donors (Lipinski definition) is 1. The predicted molar refractivity (Wildman–Crippen MR) is 98.7 cm³/mol. The van der Waals surface area contributed by atoms with E-state index in [2.05, 4.69) is 0 Å². The van der Waals surface area contributed by atoms with Gasteiger partial charge in [0.1, 0.15) is 0 Å². The van der Waals surface area contributed by atoms with Crippen molar-refractivity contribution in [1.29, 1.82) is 0 Å². The fourth-order valence-corrected chi connectivity index (χ4v) is 3.43. The summed E-state index contributed by atoms with van der Waals surface area (Å²) in [5, 5.41) is 9.04. The van der Waals surface area contributed by atoms with Gasteiger partial charge in [-0.15, -0.1) is 0 Å². The minimum absolute atomic E-state index is 0.0314. The van der Waals surface area contributed by atoms with E-state index in [4.69, 9.17) is 5.11 Å². The second-order valence-electron chi connectivity index (χ2n) is 6.94. The van der Waals surface area contributed by atoms with Crippen LogP contribution in [-0.2, 0) is 14.4 Å². The molecule has 26 heavy (non-hydrogen) atoms. The van der Waals surface area contributed by atoms with Gasteiger partial charge in [0.25, 0.3) is 0 Å². The number of carbonyl (C=O) groups is 3. The number of aliphatic carboxylic acids is 1. The van der Waals surface area contributed by atoms with Gasteiger partial charge in [0.2, 0.25) is 11.8 Å². The summed E-state index contributed by atoms with van der Waals surface area (Å²) in [7, 11) is 1.66. The molecule has 0 saturated carbocycles. The summed E-state index contributed by atoms with van der Waals surface area (Å²) in [4.78, 5) is 39.5. The van der Waals surface area contributed by atoms with Crippen LogP contribution in [0.15, 0.2) is 30.3 Å². The normalized spacial score (nSPS) is 16.2. The maximum absolute atomic E-state index is 12.9. The van der Waals surface area contributed by atoms with Crippen LogP contribution in [0.4, 0.5) is 0 Å². The van der Waals surface area contributed by atoms with E-state index in [0.29, 0.717) is 25.9 Å². The first kappa shape index (κ1) is 19.9. The van der Waals surface area contributed by atoms with Crippen LogP contribution in [0.25, 0.3) is 0 Å². The van der Waals surface area contributed by atoms with E-state index in [0.717, 1.165) is 18.4 Å². The van der Waals surface area contributed by atoms with Gasteiger partial charge in [-0.05, 0) is 24.8 Å². The quantitative estimate of drug-likeness (QED) is 0.810. The van der Waals surface area contributed by atoms with E-state index in [1.165, 1.54) is 4.90 Å². The standard InChI is InChI=1S/C20H28N2O4/c1-3-7-17(15-8-5-4-6-9-15)19(24)21(2)14-18(23)22-12-10-16(11-13-22)20(25)26/h4-6,8-9,16-17H,3,7,10-14H2,1-2H3,(H,25,26). The molecule has 0 bridgehead atoms. The molecule has 2 amide bonds. The highest BCUT2D eigenvalue weighted by Crippen LogP contribution is 2.23. The monoisotopic (exact) mass is 360 g/mol. The smallest absolute Gasteiger partial charge is 0.306 e. The van der Waals surface area contributed by atoms with Crippen LogP contribution in [0.2, 0.25) is 0 Å². The van der Waals surface area contributed by atoms with Gasteiger partial charge in [0.05, 0.1) is 18.4 Å². The molecule has 0 radical (unpaired) electrons. The van der Waals surface area contributed by atoms with Gasteiger partial charge in [0, 0.05) is 20.1 Å². The van der Waals surface area contributed by atoms with Crippen molar-refractivity contribution < 1.29 is 19.5 Å². The van der Waals surface area contributed by atoms with E-state index in [-0.39, 0.29) is 30.2 Å². The number of carbonyl (C=O) groups excluding carboxylic acids is 2. The Labute approximate surface area is 154 Å². The van der Waals surface area contributed by atoms with Crippen molar-refractivity contribution in [2.75, 3.05) is 26.7 Å². The molecule has 1 aromatic rings. The Morgan fingerprint density at radius 1 is 1.19 bits per heavy atom. The minimum atomic E-state index is -0.797. The van der Waals surface area contributed by atoms with Crippen LogP contribution in [0.5, 0.6) is 0 Å². The summed E-state index contributed by atoms with van der Waals surface area (Å²) in [5.41, 5.74) is 0.973. The highest BCUT2D eigenvalue weighted by Gasteiger charge is 2.29. The van der Waals surface area contributed by atoms with Gasteiger partial charge in [-0.1, -0.05) is 43.7 Å². The number of rotatable bonds is 7. The molecule has 0 spiro atoms. The molecule has 142 valence electrons. The fourth-order valence-electron chi connectivity index (χ4n) is 3.43. The summed E-state index contributed by atoms with van der Waals surface area (Å²) in [6.07, 6.45) is 2.57. The number of carboxylic acids is 1. The topological polar surface area (TPSA) is 77.9 Å². The molecule has 6 nitrogen and oxygen atoms in total. The summed E-state index contributed by atoms with van der Waals surface area (Å²) in [5.74, 6) is -1.57. The summed E-state index contributed by atoms with van der Waals surface area (Å²) < 4.78 is 0. The molecule has 0 aliphatic carbocycles. The van der Waals surface area contributed by atoms with Crippen LogP contribution < -0.4 is 0 Å². The SMILES string of the molecule is CCCC(C(=O)N(C)CC(=O)N1CCC(C(=O)O)CC1)c1ccccc1. The number of benzene rings is 1. The lowest BCUT2D eigenvalue weighted by Crippen LogP contribution is -2.46. The van der Waals surface area contributed by atoms with Crippen molar-refractivity contribution in [2.24, 2.45) is 5.92 Å². The van der Waals surface area contributed by atoms with Crippen LogP contribution in [0.3, 0.4) is 0 Å². The fraction of sp³-hybridized carbons (Fsp3) is 0.550. The number of likely N-dealkylation sites (N-methyl/N-ethyl adjacent to an activating group) is 1. The number of piperidine rings is 1. The Balaban J connectivity index is 1.95. The Kier molecular flexibility index (Phi) is 7.18. The Bertz CT molecular complexity index is 624. The molecule has 1 fully saturated rings. The maximum Gasteiger partial charge on any atom is 0.306 e. The molecule has 6 heteroatoms. The van der Waals surface area contributed by atoms with Crippen LogP contribution in [-0.4, -0.2) is 59.4 Å². The Morgan fingerprint density at radius 3 is 2.35 bits per heavy atom. The van der Waals surface area contributed by atoms with E-state index in [1.807, 2.05) is 37.3 Å². The molecular formula is C20H28N2O4. The number of likely N-dealkylation sites (tertiary alicyclic amines) is 1. The Morgan fingerprint density at radius 2 is 1.81 bits per heavy atom. The van der Waals surface area contributed by atoms with Gasteiger partial charge in [-0.2, -0.15) is 0 Å². The molecule has 1 unspecified atom stereocenters. The van der Waals surface area contributed by atoms with Crippen molar-refractivity contribution >= 4 is 17.8 Å². The highest BCUT2D eigenvalue weighted by molar-refractivity contribution is 5.88. The molecule has 1 atom stereocenters. The lowest BCUT2D eigenvalue weighted by atomic mass is 9.93. The maximum atomic E-state index is 12.9. The zero-order chi connectivity index (χ0) is 19.1. The van der Waals surface area contributed by atoms with Crippen molar-refractivity contribution in [3.63, 3.8) is 0 Å². The molecule has 2 rings (SSSR count). The van der Waals surface area contributed by atoms with Crippen molar-refractivity contribution in [3.05, 3.63) is 35.9 Å². The van der Waals surface area contributed by atoms with Crippen LogP contribution >= 0.6 is 0 Å². The minimum Gasteiger partial charge on any atom is -0.481 e. The molecule has 1 aliphatic rings. The molecule has 1 N–H and O–H groups in total. The number of amides is 2. The second kappa shape index (κ2) is 9.36. The molecule has 0 aromatic heterocycles. The third-order valence-electron chi connectivity index (χ3n) is 5.02. The zero-order valence-corrected chi connectivity index (χ0v) is 15.6. The van der Waals surface area contributed by atoms with E-state index in [9.17, 15) is 14.4 Å². The molecule has 1 heterocycles. The van der Waals surface area contributed by atoms with Gasteiger partial charge >= 0.3 is 5.97 Å². The third kappa shape index (κ3) is 5.07. The van der Waals surface area contributed by atoms with Gasteiger partial charge in [0.15, 0.2) is 0 Å². The lowest BCUT2D eigenvalue weighted by molar-refractivity contribution is -0.146. The zero-order valence-electron chi connectivity index (χ0n) is 15.6. The van der Waals surface area contributed by atoms with Crippen molar-refractivity contribution in [3.8, 4) is 0 Å². The first-order valence-electron chi connectivity index (χ1n) is 9.24. The van der Waals surface area contributed by atoms with E-state index in [1.54, 1.807) is 11.9 Å². The lowest BCUT2D eigenvalue weighted by Gasteiger charge is -2.32. The molecule has 1 aromatic carbocycles. The first-order chi connectivity index (χ1) is 12.4. The van der Waals surface area contributed by atoms with Gasteiger partial charge < -0.3 is 14.9 Å². The molecule has 1 aliphatic heterocycles. The predicted octanol–water partition coefficient (Wildman–Crippen LogP) is 2.35. The average Bonchev–Trinajstić information content (AvgIpc) is 2.66. The Hall–Kier alpha value is -2.37. The van der Waals surface area contributed by atoms with Gasteiger partial charge in [-0.3, -0.25) is 14.4 Å². The molecule has 1 saturated heterocycles. The summed E-state index contributed by atoms with van der Waals surface area (Å²) in [6.45, 7) is 2.95. The van der Waals surface area contributed by atoms with E-state index < -0.39 is 5.97 Å². The number of carboxylic acid groups (broad SMARTS) is 1. The number of hydrogen-bond acceptors (Lipinski definition) is 3. The van der Waals surface area contributed by atoms with Crippen molar-refractivity contribution in [1.82, 2.24) is 9.80 Å². The van der Waals surface area contributed by atoms with Crippen LogP contribution in [0, 0.1) is 5.92 Å². The summed E-state index contributed by atoms with van der Waals surface area (Å²) >= 11 is 0. The van der Waals surface area contributed by atoms with E-state index >= 15 is 0 Å². The van der Waals surface area contributed by atoms with Crippen LogP contribution in [0.1, 0.15) is 44.1 Å².